The highest BCUT2D eigenvalue weighted by Gasteiger charge is 2.19. The first-order valence-electron chi connectivity index (χ1n) is 7.03. The lowest BCUT2D eigenvalue weighted by atomic mass is 10.1. The molecule has 0 radical (unpaired) electrons. The Kier molecular flexibility index (Phi) is 4.13. The molecule has 2 aromatic rings. The average molecular weight is 295 g/mol. The number of imidazole rings is 1. The van der Waals surface area contributed by atoms with Gasteiger partial charge < -0.3 is 14.0 Å². The first kappa shape index (κ1) is 13.7. The Morgan fingerprint density at radius 3 is 3.05 bits per heavy atom. The molecule has 0 spiro atoms. The van der Waals surface area contributed by atoms with Crippen molar-refractivity contribution in [3.63, 3.8) is 0 Å². The Morgan fingerprint density at radius 2 is 2.35 bits per heavy atom. The van der Waals surface area contributed by atoms with Gasteiger partial charge in [0.2, 0.25) is 0 Å². The van der Waals surface area contributed by atoms with Crippen LogP contribution in [0.5, 0.6) is 5.75 Å². The molecule has 1 saturated heterocycles. The summed E-state index contributed by atoms with van der Waals surface area (Å²) in [5.74, 6) is 2.06. The Bertz CT molecular complexity index is 591. The summed E-state index contributed by atoms with van der Waals surface area (Å²) >= 11 is 6.05. The zero-order chi connectivity index (χ0) is 13.9. The first-order valence-corrected chi connectivity index (χ1v) is 7.56. The van der Waals surface area contributed by atoms with Crippen LogP contribution in [0.25, 0.3) is 11.0 Å². The van der Waals surface area contributed by atoms with Crippen LogP contribution in [0.2, 0.25) is 0 Å². The van der Waals surface area contributed by atoms with Crippen LogP contribution in [0.1, 0.15) is 25.1 Å². The second-order valence-corrected chi connectivity index (χ2v) is 5.36. The molecule has 1 unspecified atom stereocenters. The summed E-state index contributed by atoms with van der Waals surface area (Å²) in [6, 6.07) is 5.97. The number of para-hydroxylation sites is 1. The number of hydrogen-bond acceptors (Lipinski definition) is 3. The van der Waals surface area contributed by atoms with Crippen molar-refractivity contribution in [3.05, 3.63) is 24.0 Å². The predicted molar refractivity (Wildman–Crippen MR) is 79.4 cm³/mol. The van der Waals surface area contributed by atoms with Crippen LogP contribution < -0.4 is 4.74 Å². The molecule has 0 N–H and O–H groups in total. The molecule has 0 saturated carbocycles. The first-order chi connectivity index (χ1) is 9.83. The molecule has 2 heterocycles. The zero-order valence-electron chi connectivity index (χ0n) is 11.6. The van der Waals surface area contributed by atoms with Gasteiger partial charge in [0.15, 0.2) is 0 Å². The van der Waals surface area contributed by atoms with E-state index in [2.05, 4.69) is 15.6 Å². The molecule has 20 heavy (non-hydrogen) atoms. The lowest BCUT2D eigenvalue weighted by Crippen LogP contribution is -2.25. The highest BCUT2D eigenvalue weighted by atomic mass is 35.5. The summed E-state index contributed by atoms with van der Waals surface area (Å²) in [6.07, 6.45) is 3.76. The number of hydrogen-bond donors (Lipinski definition) is 0. The number of alkyl halides is 1. The van der Waals surface area contributed by atoms with Gasteiger partial charge in [-0.25, -0.2) is 4.98 Å². The Morgan fingerprint density at radius 1 is 1.45 bits per heavy atom. The number of ether oxygens (including phenoxy) is 2. The number of benzene rings is 1. The van der Waals surface area contributed by atoms with E-state index in [0.29, 0.717) is 5.88 Å². The van der Waals surface area contributed by atoms with Gasteiger partial charge in [0.05, 0.1) is 31.2 Å². The molecule has 3 rings (SSSR count). The fourth-order valence-electron chi connectivity index (χ4n) is 2.79. The monoisotopic (exact) mass is 294 g/mol. The molecule has 1 aromatic carbocycles. The van der Waals surface area contributed by atoms with Crippen molar-refractivity contribution in [2.24, 2.45) is 0 Å². The van der Waals surface area contributed by atoms with E-state index in [1.807, 2.05) is 12.1 Å². The van der Waals surface area contributed by atoms with Crippen LogP contribution in [0, 0.1) is 0 Å². The van der Waals surface area contributed by atoms with Crippen molar-refractivity contribution in [2.45, 2.75) is 37.8 Å². The number of methoxy groups -OCH3 is 1. The van der Waals surface area contributed by atoms with Crippen LogP contribution in [0.3, 0.4) is 0 Å². The molecule has 108 valence electrons. The molecule has 1 atom stereocenters. The summed E-state index contributed by atoms with van der Waals surface area (Å²) in [7, 11) is 1.67. The highest BCUT2D eigenvalue weighted by molar-refractivity contribution is 6.16. The normalized spacial score (nSPS) is 19.4. The number of fused-ring (bicyclic) bond motifs is 1. The minimum absolute atomic E-state index is 0.259. The number of rotatable bonds is 4. The molecule has 0 bridgehead atoms. The summed E-state index contributed by atoms with van der Waals surface area (Å²) < 4.78 is 13.4. The SMILES string of the molecule is COc1cccc2c1nc(CCl)n2CC1CCCCO1. The van der Waals surface area contributed by atoms with E-state index in [0.717, 1.165) is 48.6 Å². The van der Waals surface area contributed by atoms with Gasteiger partial charge in [-0.2, -0.15) is 0 Å². The molecular formula is C15H19ClN2O2. The third-order valence-corrected chi connectivity index (χ3v) is 4.06. The maximum atomic E-state index is 6.05. The molecule has 1 aromatic heterocycles. The molecule has 1 aliphatic rings. The minimum atomic E-state index is 0.259. The molecule has 0 aliphatic carbocycles. The quantitative estimate of drug-likeness (QED) is 0.811. The van der Waals surface area contributed by atoms with Gasteiger partial charge in [-0.3, -0.25) is 0 Å². The molecule has 0 amide bonds. The van der Waals surface area contributed by atoms with Crippen LogP contribution in [0.4, 0.5) is 0 Å². The van der Waals surface area contributed by atoms with Gasteiger partial charge in [0, 0.05) is 6.61 Å². The molecule has 5 heteroatoms. The number of aromatic nitrogens is 2. The fourth-order valence-corrected chi connectivity index (χ4v) is 3.00. The Balaban J connectivity index is 1.99. The number of halogens is 1. The van der Waals surface area contributed by atoms with Gasteiger partial charge in [-0.15, -0.1) is 11.6 Å². The summed E-state index contributed by atoms with van der Waals surface area (Å²) in [5.41, 5.74) is 1.94. The van der Waals surface area contributed by atoms with E-state index in [9.17, 15) is 0 Å². The van der Waals surface area contributed by atoms with Gasteiger partial charge in [-0.1, -0.05) is 6.07 Å². The van der Waals surface area contributed by atoms with Crippen LogP contribution in [0.15, 0.2) is 18.2 Å². The van der Waals surface area contributed by atoms with E-state index in [4.69, 9.17) is 21.1 Å². The van der Waals surface area contributed by atoms with Crippen molar-refractivity contribution < 1.29 is 9.47 Å². The maximum absolute atomic E-state index is 6.05. The predicted octanol–water partition coefficient (Wildman–Crippen LogP) is 3.35. The van der Waals surface area contributed by atoms with Crippen LogP contribution in [-0.4, -0.2) is 29.4 Å². The van der Waals surface area contributed by atoms with Gasteiger partial charge >= 0.3 is 0 Å². The molecule has 1 aliphatic heterocycles. The summed E-state index contributed by atoms with van der Waals surface area (Å²) in [4.78, 5) is 4.62. The van der Waals surface area contributed by atoms with Crippen molar-refractivity contribution in [1.82, 2.24) is 9.55 Å². The third kappa shape index (κ3) is 2.50. The van der Waals surface area contributed by atoms with E-state index in [-0.39, 0.29) is 6.10 Å². The van der Waals surface area contributed by atoms with Gasteiger partial charge in [0.1, 0.15) is 17.1 Å². The van der Waals surface area contributed by atoms with Crippen LogP contribution in [-0.2, 0) is 17.2 Å². The maximum Gasteiger partial charge on any atom is 0.146 e. The molecule has 4 nitrogen and oxygen atoms in total. The van der Waals surface area contributed by atoms with Crippen molar-refractivity contribution in [1.29, 1.82) is 0 Å². The minimum Gasteiger partial charge on any atom is -0.494 e. The standard InChI is InChI=1S/C15H19ClN2O2/c1-19-13-7-4-6-12-15(13)17-14(9-16)18(12)10-11-5-2-3-8-20-11/h4,6-7,11H,2-3,5,8-10H2,1H3. The lowest BCUT2D eigenvalue weighted by molar-refractivity contribution is 0.00627. The van der Waals surface area contributed by atoms with Gasteiger partial charge in [0.25, 0.3) is 0 Å². The Labute approximate surface area is 123 Å². The highest BCUT2D eigenvalue weighted by Crippen LogP contribution is 2.27. The second kappa shape index (κ2) is 6.02. The zero-order valence-corrected chi connectivity index (χ0v) is 12.4. The van der Waals surface area contributed by atoms with Crippen molar-refractivity contribution in [3.8, 4) is 5.75 Å². The summed E-state index contributed by atoms with van der Waals surface area (Å²) in [5, 5.41) is 0. The summed E-state index contributed by atoms with van der Waals surface area (Å²) in [6.45, 7) is 1.67. The largest absolute Gasteiger partial charge is 0.494 e. The second-order valence-electron chi connectivity index (χ2n) is 5.09. The lowest BCUT2D eigenvalue weighted by Gasteiger charge is -2.23. The Hall–Kier alpha value is -1.26. The van der Waals surface area contributed by atoms with Crippen molar-refractivity contribution in [2.75, 3.05) is 13.7 Å². The average Bonchev–Trinajstić information content (AvgIpc) is 2.86. The number of nitrogens with zero attached hydrogens (tertiary/aromatic N) is 2. The van der Waals surface area contributed by atoms with E-state index in [1.54, 1.807) is 7.11 Å². The van der Waals surface area contributed by atoms with E-state index < -0.39 is 0 Å². The van der Waals surface area contributed by atoms with Gasteiger partial charge in [-0.05, 0) is 31.4 Å². The van der Waals surface area contributed by atoms with E-state index >= 15 is 0 Å². The topological polar surface area (TPSA) is 36.3 Å². The van der Waals surface area contributed by atoms with E-state index in [1.165, 1.54) is 6.42 Å². The van der Waals surface area contributed by atoms with Crippen molar-refractivity contribution >= 4 is 22.6 Å². The third-order valence-electron chi connectivity index (χ3n) is 3.82. The molecule has 1 fully saturated rings. The fraction of sp³-hybridized carbons (Fsp3) is 0.533. The molecular weight excluding hydrogens is 276 g/mol. The van der Waals surface area contributed by atoms with Crippen LogP contribution >= 0.6 is 11.6 Å². The smallest absolute Gasteiger partial charge is 0.146 e.